The van der Waals surface area contributed by atoms with Crippen molar-refractivity contribution < 1.29 is 9.53 Å². The summed E-state index contributed by atoms with van der Waals surface area (Å²) in [6.45, 7) is 0.788. The summed E-state index contributed by atoms with van der Waals surface area (Å²) in [5, 5.41) is 0. The number of methoxy groups -OCH3 is 1. The van der Waals surface area contributed by atoms with Gasteiger partial charge in [-0.1, -0.05) is 0 Å². The summed E-state index contributed by atoms with van der Waals surface area (Å²) in [4.78, 5) is 21.6. The number of rotatable bonds is 2. The fraction of sp³-hybridized carbons (Fsp3) is 0.545. The number of esters is 1. The van der Waals surface area contributed by atoms with Crippen molar-refractivity contribution in [3.05, 3.63) is 12.4 Å². The van der Waals surface area contributed by atoms with Crippen molar-refractivity contribution >= 4 is 17.6 Å². The monoisotopic (exact) mass is 236 g/mol. The van der Waals surface area contributed by atoms with E-state index in [4.69, 9.17) is 10.5 Å². The van der Waals surface area contributed by atoms with Crippen molar-refractivity contribution in [2.75, 3.05) is 24.3 Å². The molecule has 0 aromatic carbocycles. The van der Waals surface area contributed by atoms with Crippen LogP contribution >= 0.6 is 0 Å². The maximum atomic E-state index is 11.7. The number of nitrogens with zero attached hydrogens (tertiary/aromatic N) is 3. The SMILES string of the molecule is COC(=O)[C@H]1CCCCN1c1cc(N)ncn1. The Labute approximate surface area is 99.8 Å². The second-order valence-corrected chi connectivity index (χ2v) is 4.03. The van der Waals surface area contributed by atoms with Crippen molar-refractivity contribution in [3.63, 3.8) is 0 Å². The second kappa shape index (κ2) is 4.99. The number of anilines is 2. The topological polar surface area (TPSA) is 81.3 Å². The number of nitrogen functional groups attached to an aromatic ring is 1. The summed E-state index contributed by atoms with van der Waals surface area (Å²) < 4.78 is 4.82. The summed E-state index contributed by atoms with van der Waals surface area (Å²) in [7, 11) is 1.41. The van der Waals surface area contributed by atoms with E-state index >= 15 is 0 Å². The Morgan fingerprint density at radius 2 is 2.35 bits per heavy atom. The molecule has 1 saturated heterocycles. The van der Waals surface area contributed by atoms with Crippen LogP contribution in [0.1, 0.15) is 19.3 Å². The normalized spacial score (nSPS) is 20.1. The Bertz CT molecular complexity index is 410. The van der Waals surface area contributed by atoms with Crippen LogP contribution < -0.4 is 10.6 Å². The predicted octanol–water partition coefficient (Wildman–Crippen LogP) is 0.591. The van der Waals surface area contributed by atoms with Gasteiger partial charge >= 0.3 is 5.97 Å². The zero-order valence-corrected chi connectivity index (χ0v) is 9.80. The van der Waals surface area contributed by atoms with Crippen molar-refractivity contribution in [3.8, 4) is 0 Å². The maximum absolute atomic E-state index is 11.7. The van der Waals surface area contributed by atoms with E-state index < -0.39 is 0 Å². The second-order valence-electron chi connectivity index (χ2n) is 4.03. The molecule has 0 spiro atoms. The molecule has 6 heteroatoms. The van der Waals surface area contributed by atoms with Crippen molar-refractivity contribution in [1.29, 1.82) is 0 Å². The van der Waals surface area contributed by atoms with Gasteiger partial charge in [-0.2, -0.15) is 0 Å². The molecule has 92 valence electrons. The van der Waals surface area contributed by atoms with Gasteiger partial charge in [0.1, 0.15) is 24.0 Å². The van der Waals surface area contributed by atoms with Gasteiger partial charge in [-0.25, -0.2) is 14.8 Å². The molecule has 1 aromatic rings. The highest BCUT2D eigenvalue weighted by molar-refractivity contribution is 5.80. The Morgan fingerprint density at radius 1 is 1.53 bits per heavy atom. The average molecular weight is 236 g/mol. The lowest BCUT2D eigenvalue weighted by atomic mass is 10.0. The fourth-order valence-corrected chi connectivity index (χ4v) is 2.11. The Balaban J connectivity index is 2.24. The lowest BCUT2D eigenvalue weighted by Crippen LogP contribution is -2.45. The minimum atomic E-state index is -0.261. The molecule has 17 heavy (non-hydrogen) atoms. The zero-order chi connectivity index (χ0) is 12.3. The third-order valence-electron chi connectivity index (χ3n) is 2.94. The van der Waals surface area contributed by atoms with E-state index in [1.54, 1.807) is 6.07 Å². The Morgan fingerprint density at radius 3 is 3.06 bits per heavy atom. The van der Waals surface area contributed by atoms with E-state index in [0.29, 0.717) is 11.6 Å². The van der Waals surface area contributed by atoms with Gasteiger partial charge in [-0.05, 0) is 19.3 Å². The van der Waals surface area contributed by atoms with E-state index in [1.807, 2.05) is 4.90 Å². The largest absolute Gasteiger partial charge is 0.467 e. The van der Waals surface area contributed by atoms with E-state index in [1.165, 1.54) is 13.4 Å². The number of hydrogen-bond acceptors (Lipinski definition) is 6. The zero-order valence-electron chi connectivity index (χ0n) is 9.80. The molecule has 0 amide bonds. The van der Waals surface area contributed by atoms with Crippen LogP contribution in [-0.2, 0) is 9.53 Å². The van der Waals surface area contributed by atoms with Crippen LogP contribution in [-0.4, -0.2) is 35.6 Å². The number of aromatic nitrogens is 2. The van der Waals surface area contributed by atoms with Crippen LogP contribution in [0.2, 0.25) is 0 Å². The highest BCUT2D eigenvalue weighted by atomic mass is 16.5. The summed E-state index contributed by atoms with van der Waals surface area (Å²) >= 11 is 0. The first kappa shape index (κ1) is 11.6. The van der Waals surface area contributed by atoms with Crippen molar-refractivity contribution in [2.45, 2.75) is 25.3 Å². The Hall–Kier alpha value is -1.85. The summed E-state index contributed by atoms with van der Waals surface area (Å²) in [5.74, 6) is 0.874. The number of piperidine rings is 1. The molecule has 1 atom stereocenters. The third kappa shape index (κ3) is 2.46. The molecular formula is C11H16N4O2. The molecule has 1 aliphatic rings. The smallest absolute Gasteiger partial charge is 0.328 e. The van der Waals surface area contributed by atoms with Crippen LogP contribution in [0.15, 0.2) is 12.4 Å². The minimum absolute atomic E-state index is 0.220. The van der Waals surface area contributed by atoms with Gasteiger partial charge in [0.25, 0.3) is 0 Å². The van der Waals surface area contributed by atoms with Gasteiger partial charge in [-0.3, -0.25) is 0 Å². The van der Waals surface area contributed by atoms with Gasteiger partial charge in [0.2, 0.25) is 0 Å². The number of carbonyl (C=O) groups is 1. The standard InChI is InChI=1S/C11H16N4O2/c1-17-11(16)8-4-2-3-5-15(8)10-6-9(12)13-7-14-10/h6-8H,2-5H2,1H3,(H2,12,13,14)/t8-/m1/s1. The van der Waals surface area contributed by atoms with Gasteiger partial charge in [0.15, 0.2) is 0 Å². The first-order chi connectivity index (χ1) is 8.22. The van der Waals surface area contributed by atoms with Gasteiger partial charge in [0, 0.05) is 12.6 Å². The molecule has 1 aromatic heterocycles. The van der Waals surface area contributed by atoms with Gasteiger partial charge in [-0.15, -0.1) is 0 Å². The Kier molecular flexibility index (Phi) is 3.41. The van der Waals surface area contributed by atoms with E-state index in [9.17, 15) is 4.79 Å². The van der Waals surface area contributed by atoms with Crippen LogP contribution in [0, 0.1) is 0 Å². The van der Waals surface area contributed by atoms with Crippen molar-refractivity contribution in [1.82, 2.24) is 9.97 Å². The van der Waals surface area contributed by atoms with E-state index in [0.717, 1.165) is 25.8 Å². The number of carbonyl (C=O) groups excluding carboxylic acids is 1. The van der Waals surface area contributed by atoms with E-state index in [2.05, 4.69) is 9.97 Å². The lowest BCUT2D eigenvalue weighted by molar-refractivity contribution is -0.142. The molecule has 1 fully saturated rings. The summed E-state index contributed by atoms with van der Waals surface area (Å²) in [6, 6.07) is 1.42. The first-order valence-electron chi connectivity index (χ1n) is 5.64. The summed E-state index contributed by atoms with van der Waals surface area (Å²) in [5.41, 5.74) is 5.63. The summed E-state index contributed by atoms with van der Waals surface area (Å²) in [6.07, 6.45) is 4.26. The molecule has 0 aliphatic carbocycles. The molecule has 2 N–H and O–H groups in total. The quantitative estimate of drug-likeness (QED) is 0.757. The van der Waals surface area contributed by atoms with Gasteiger partial charge < -0.3 is 15.4 Å². The minimum Gasteiger partial charge on any atom is -0.467 e. The maximum Gasteiger partial charge on any atom is 0.328 e. The van der Waals surface area contributed by atoms with Crippen molar-refractivity contribution in [2.24, 2.45) is 0 Å². The molecule has 0 bridgehead atoms. The molecule has 1 aliphatic heterocycles. The van der Waals surface area contributed by atoms with Crippen LogP contribution in [0.25, 0.3) is 0 Å². The number of ether oxygens (including phenoxy) is 1. The van der Waals surface area contributed by atoms with E-state index in [-0.39, 0.29) is 12.0 Å². The first-order valence-corrected chi connectivity index (χ1v) is 5.64. The molecule has 2 rings (SSSR count). The fourth-order valence-electron chi connectivity index (χ4n) is 2.11. The number of nitrogens with two attached hydrogens (primary N) is 1. The molecule has 6 nitrogen and oxygen atoms in total. The molecular weight excluding hydrogens is 220 g/mol. The molecule has 0 unspecified atom stereocenters. The molecule has 0 radical (unpaired) electrons. The van der Waals surface area contributed by atoms with Crippen LogP contribution in [0.3, 0.4) is 0 Å². The molecule has 2 heterocycles. The lowest BCUT2D eigenvalue weighted by Gasteiger charge is -2.34. The number of hydrogen-bond donors (Lipinski definition) is 1. The van der Waals surface area contributed by atoms with Crippen LogP contribution in [0.4, 0.5) is 11.6 Å². The highest BCUT2D eigenvalue weighted by Gasteiger charge is 2.30. The average Bonchev–Trinajstić information content (AvgIpc) is 2.38. The predicted molar refractivity (Wildman–Crippen MR) is 63.4 cm³/mol. The van der Waals surface area contributed by atoms with Crippen LogP contribution in [0.5, 0.6) is 0 Å². The van der Waals surface area contributed by atoms with Gasteiger partial charge in [0.05, 0.1) is 7.11 Å². The third-order valence-corrected chi connectivity index (χ3v) is 2.94. The molecule has 0 saturated carbocycles. The highest BCUT2D eigenvalue weighted by Crippen LogP contribution is 2.24.